The number of carbonyl (C=O) groups excluding carboxylic acids is 1. The Bertz CT molecular complexity index is 792. The molecule has 3 rings (SSSR count). The molecule has 1 aliphatic heterocycles. The Hall–Kier alpha value is -2.90. The van der Waals surface area contributed by atoms with Crippen molar-refractivity contribution in [1.29, 1.82) is 0 Å². The van der Waals surface area contributed by atoms with Crippen LogP contribution in [0.2, 0.25) is 0 Å². The van der Waals surface area contributed by atoms with Crippen LogP contribution in [0.1, 0.15) is 18.1 Å². The van der Waals surface area contributed by atoms with Gasteiger partial charge in [0.15, 0.2) is 0 Å². The number of halogens is 3. The molecule has 0 saturated heterocycles. The summed E-state index contributed by atoms with van der Waals surface area (Å²) in [6.45, 7) is 0.345. The van der Waals surface area contributed by atoms with Crippen LogP contribution in [0.3, 0.4) is 0 Å². The minimum atomic E-state index is -4.80. The van der Waals surface area contributed by atoms with Crippen LogP contribution < -0.4 is 15.2 Å². The molecule has 25 heavy (non-hydrogen) atoms. The Labute approximate surface area is 141 Å². The van der Waals surface area contributed by atoms with E-state index in [4.69, 9.17) is 15.2 Å². The van der Waals surface area contributed by atoms with Gasteiger partial charge in [-0.05, 0) is 23.8 Å². The predicted molar refractivity (Wildman–Crippen MR) is 82.1 cm³/mol. The second-order valence-corrected chi connectivity index (χ2v) is 5.36. The third-order valence-electron chi connectivity index (χ3n) is 3.68. The average Bonchev–Trinajstić information content (AvgIpc) is 2.53. The fourth-order valence-corrected chi connectivity index (χ4v) is 2.71. The number of para-hydroxylation sites is 1. The molecule has 1 unspecified atom stereocenters. The number of nitrogens with two attached hydrogens (primary N) is 1. The van der Waals surface area contributed by atoms with Crippen LogP contribution in [0, 0.1) is 0 Å². The van der Waals surface area contributed by atoms with Crippen LogP contribution in [0.25, 0.3) is 11.1 Å². The first-order valence-electron chi connectivity index (χ1n) is 7.41. The molecule has 0 aliphatic carbocycles. The van der Waals surface area contributed by atoms with Gasteiger partial charge in [-0.3, -0.25) is 0 Å². The van der Waals surface area contributed by atoms with Gasteiger partial charge in [0.25, 0.3) is 0 Å². The maximum atomic E-state index is 12.6. The van der Waals surface area contributed by atoms with E-state index in [1.165, 1.54) is 18.2 Å². The minimum Gasteiger partial charge on any atom is -0.493 e. The van der Waals surface area contributed by atoms with Crippen molar-refractivity contribution >= 4 is 6.09 Å². The standard InChI is InChI=1S/C17H14F3NO4/c18-17(19,20)25-15-4-2-1-3-11(15)10-5-6-13-12(9-10)14(7-8-23-13)24-16(21)22/h1-6,9,14H,7-8H2,(H2,21,22). The van der Waals surface area contributed by atoms with Gasteiger partial charge in [0.2, 0.25) is 0 Å². The molecular formula is C17H14F3NO4. The molecule has 0 radical (unpaired) electrons. The minimum absolute atomic E-state index is 0.256. The molecule has 2 aromatic carbocycles. The van der Waals surface area contributed by atoms with Gasteiger partial charge in [0.1, 0.15) is 17.6 Å². The average molecular weight is 353 g/mol. The van der Waals surface area contributed by atoms with Crippen LogP contribution in [0.15, 0.2) is 42.5 Å². The fourth-order valence-electron chi connectivity index (χ4n) is 2.71. The first kappa shape index (κ1) is 16.9. The fraction of sp³-hybridized carbons (Fsp3) is 0.235. The van der Waals surface area contributed by atoms with Gasteiger partial charge in [0.05, 0.1) is 6.61 Å². The van der Waals surface area contributed by atoms with Gasteiger partial charge >= 0.3 is 12.5 Å². The molecule has 2 N–H and O–H groups in total. The third-order valence-corrected chi connectivity index (χ3v) is 3.68. The molecule has 0 aromatic heterocycles. The van der Waals surface area contributed by atoms with E-state index in [2.05, 4.69) is 4.74 Å². The number of alkyl halides is 3. The highest BCUT2D eigenvalue weighted by Gasteiger charge is 2.32. The Morgan fingerprint density at radius 1 is 1.20 bits per heavy atom. The van der Waals surface area contributed by atoms with Gasteiger partial charge in [0, 0.05) is 17.5 Å². The molecule has 0 fully saturated rings. The molecule has 0 spiro atoms. The molecule has 132 valence electrons. The number of amides is 1. The zero-order chi connectivity index (χ0) is 18.0. The first-order valence-corrected chi connectivity index (χ1v) is 7.41. The van der Waals surface area contributed by atoms with Crippen molar-refractivity contribution < 1.29 is 32.2 Å². The van der Waals surface area contributed by atoms with E-state index in [1.54, 1.807) is 24.3 Å². The summed E-state index contributed by atoms with van der Waals surface area (Å²) in [6, 6.07) is 10.6. The highest BCUT2D eigenvalue weighted by atomic mass is 19.4. The molecule has 1 aliphatic rings. The zero-order valence-corrected chi connectivity index (χ0v) is 12.9. The number of fused-ring (bicyclic) bond motifs is 1. The maximum absolute atomic E-state index is 12.6. The predicted octanol–water partition coefficient (Wildman–Crippen LogP) is 4.17. The van der Waals surface area contributed by atoms with Crippen molar-refractivity contribution in [2.45, 2.75) is 18.9 Å². The van der Waals surface area contributed by atoms with Crippen LogP contribution in [0.5, 0.6) is 11.5 Å². The molecule has 2 aromatic rings. The summed E-state index contributed by atoms with van der Waals surface area (Å²) in [5.41, 5.74) is 6.35. The van der Waals surface area contributed by atoms with E-state index < -0.39 is 18.6 Å². The van der Waals surface area contributed by atoms with Gasteiger partial charge in [-0.2, -0.15) is 0 Å². The lowest BCUT2D eigenvalue weighted by molar-refractivity contribution is -0.274. The number of carbonyl (C=O) groups is 1. The van der Waals surface area contributed by atoms with Crippen molar-refractivity contribution in [3.8, 4) is 22.6 Å². The number of benzene rings is 2. The Morgan fingerprint density at radius 2 is 1.96 bits per heavy atom. The van der Waals surface area contributed by atoms with E-state index >= 15 is 0 Å². The lowest BCUT2D eigenvalue weighted by Crippen LogP contribution is -2.22. The monoisotopic (exact) mass is 353 g/mol. The summed E-state index contributed by atoms with van der Waals surface area (Å²) in [5.74, 6) is 0.175. The number of ether oxygens (including phenoxy) is 3. The Kier molecular flexibility index (Phi) is 4.43. The Morgan fingerprint density at radius 3 is 2.68 bits per heavy atom. The second-order valence-electron chi connectivity index (χ2n) is 5.36. The SMILES string of the molecule is NC(=O)OC1CCOc2ccc(-c3ccccc3OC(F)(F)F)cc21. The largest absolute Gasteiger partial charge is 0.573 e. The lowest BCUT2D eigenvalue weighted by atomic mass is 9.96. The van der Waals surface area contributed by atoms with E-state index in [-0.39, 0.29) is 11.3 Å². The van der Waals surface area contributed by atoms with E-state index in [0.717, 1.165) is 0 Å². The highest BCUT2D eigenvalue weighted by Crippen LogP contribution is 2.40. The number of rotatable bonds is 3. The zero-order valence-electron chi connectivity index (χ0n) is 12.9. The molecular weight excluding hydrogens is 339 g/mol. The molecule has 1 heterocycles. The van der Waals surface area contributed by atoms with Crippen molar-refractivity contribution in [1.82, 2.24) is 0 Å². The van der Waals surface area contributed by atoms with Crippen LogP contribution in [-0.4, -0.2) is 19.1 Å². The molecule has 0 saturated carbocycles. The van der Waals surface area contributed by atoms with E-state index in [9.17, 15) is 18.0 Å². The van der Waals surface area contributed by atoms with Gasteiger partial charge in [-0.25, -0.2) is 4.79 Å². The van der Waals surface area contributed by atoms with Crippen molar-refractivity contribution in [3.63, 3.8) is 0 Å². The number of hydrogen-bond donors (Lipinski definition) is 1. The third kappa shape index (κ3) is 3.96. The van der Waals surface area contributed by atoms with Crippen LogP contribution in [0.4, 0.5) is 18.0 Å². The number of primary amides is 1. The summed E-state index contributed by atoms with van der Waals surface area (Å²) < 4.78 is 52.5. The summed E-state index contributed by atoms with van der Waals surface area (Å²) in [5, 5.41) is 0. The maximum Gasteiger partial charge on any atom is 0.573 e. The van der Waals surface area contributed by atoms with Crippen LogP contribution >= 0.6 is 0 Å². The van der Waals surface area contributed by atoms with Crippen molar-refractivity contribution in [2.75, 3.05) is 6.61 Å². The summed E-state index contributed by atoms with van der Waals surface area (Å²) in [7, 11) is 0. The lowest BCUT2D eigenvalue weighted by Gasteiger charge is -2.26. The highest BCUT2D eigenvalue weighted by molar-refractivity contribution is 5.72. The van der Waals surface area contributed by atoms with Gasteiger partial charge in [-0.15, -0.1) is 13.2 Å². The van der Waals surface area contributed by atoms with Crippen LogP contribution in [-0.2, 0) is 4.74 Å². The molecule has 8 heteroatoms. The molecule has 5 nitrogen and oxygen atoms in total. The first-order chi connectivity index (χ1) is 11.8. The Balaban J connectivity index is 2.01. The molecule has 1 amide bonds. The van der Waals surface area contributed by atoms with Crippen molar-refractivity contribution in [2.24, 2.45) is 5.73 Å². The van der Waals surface area contributed by atoms with Gasteiger partial charge in [-0.1, -0.05) is 24.3 Å². The second kappa shape index (κ2) is 6.54. The summed E-state index contributed by atoms with van der Waals surface area (Å²) in [6.07, 6.45) is -5.94. The van der Waals surface area contributed by atoms with E-state index in [0.29, 0.717) is 29.9 Å². The quantitative estimate of drug-likeness (QED) is 0.899. The van der Waals surface area contributed by atoms with E-state index in [1.807, 2.05) is 0 Å². The van der Waals surface area contributed by atoms with Gasteiger partial charge < -0.3 is 19.9 Å². The molecule has 0 bridgehead atoms. The summed E-state index contributed by atoms with van der Waals surface area (Å²) in [4.78, 5) is 11.1. The van der Waals surface area contributed by atoms with Crippen molar-refractivity contribution in [3.05, 3.63) is 48.0 Å². The summed E-state index contributed by atoms with van der Waals surface area (Å²) >= 11 is 0. The normalized spacial score (nSPS) is 16.5. The smallest absolute Gasteiger partial charge is 0.493 e. The topological polar surface area (TPSA) is 70.8 Å². The number of hydrogen-bond acceptors (Lipinski definition) is 4. The molecule has 1 atom stereocenters.